The van der Waals surface area contributed by atoms with Crippen molar-refractivity contribution in [1.82, 2.24) is 20.2 Å². The molecular weight excluding hydrogens is 701 g/mol. The molecule has 276 valence electrons. The quantitative estimate of drug-likeness (QED) is 0.131. The van der Waals surface area contributed by atoms with Crippen LogP contribution < -0.4 is 19.5 Å². The van der Waals surface area contributed by atoms with Gasteiger partial charge < -0.3 is 29.7 Å². The predicted molar refractivity (Wildman–Crippen MR) is 189 cm³/mol. The van der Waals surface area contributed by atoms with Gasteiger partial charge in [-0.3, -0.25) is 9.69 Å². The van der Waals surface area contributed by atoms with Gasteiger partial charge in [-0.2, -0.15) is 18.2 Å². The Morgan fingerprint density at radius 3 is 2.35 bits per heavy atom. The van der Waals surface area contributed by atoms with Crippen molar-refractivity contribution >= 4 is 17.6 Å². The van der Waals surface area contributed by atoms with Crippen LogP contribution >= 0.6 is 11.6 Å². The van der Waals surface area contributed by atoms with E-state index in [-0.39, 0.29) is 30.6 Å². The molecule has 0 radical (unpaired) electrons. The number of nitrogens with one attached hydrogen (secondary N) is 1. The minimum atomic E-state index is -4.80. The molecule has 0 saturated heterocycles. The van der Waals surface area contributed by atoms with Crippen molar-refractivity contribution in [1.29, 1.82) is 0 Å². The van der Waals surface area contributed by atoms with E-state index in [1.807, 2.05) is 55.5 Å². The molecule has 2 aromatic carbocycles. The van der Waals surface area contributed by atoms with Gasteiger partial charge in [0.25, 0.3) is 0 Å². The van der Waals surface area contributed by atoms with E-state index in [4.69, 9.17) is 35.9 Å². The van der Waals surface area contributed by atoms with Gasteiger partial charge in [0.05, 0.1) is 37.1 Å². The van der Waals surface area contributed by atoms with Crippen LogP contribution in [0.4, 0.5) is 13.2 Å². The van der Waals surface area contributed by atoms with Gasteiger partial charge >= 0.3 is 12.1 Å². The Labute approximate surface area is 304 Å². The van der Waals surface area contributed by atoms with E-state index in [9.17, 15) is 23.1 Å². The summed E-state index contributed by atoms with van der Waals surface area (Å²) < 4.78 is 60.1. The van der Waals surface area contributed by atoms with Crippen LogP contribution in [0.3, 0.4) is 0 Å². The molecule has 2 aliphatic rings. The van der Waals surface area contributed by atoms with Crippen molar-refractivity contribution in [3.8, 4) is 40.0 Å². The summed E-state index contributed by atoms with van der Waals surface area (Å²) in [6.07, 6.45) is -3.23. The number of methoxy groups -OCH3 is 2. The number of fused-ring (bicyclic) bond motifs is 1. The first-order valence-corrected chi connectivity index (χ1v) is 17.2. The first kappa shape index (κ1) is 37.3. The predicted octanol–water partition coefficient (Wildman–Crippen LogP) is 7.09. The highest BCUT2D eigenvalue weighted by molar-refractivity contribution is 6.36. The molecule has 1 fully saturated rings. The van der Waals surface area contributed by atoms with Gasteiger partial charge in [-0.05, 0) is 68.5 Å². The van der Waals surface area contributed by atoms with Gasteiger partial charge in [0, 0.05) is 41.4 Å². The van der Waals surface area contributed by atoms with Gasteiger partial charge in [0.1, 0.15) is 11.7 Å². The third-order valence-electron chi connectivity index (χ3n) is 9.49. The molecule has 2 heterocycles. The Hall–Kier alpha value is -4.43. The highest BCUT2D eigenvalue weighted by atomic mass is 35.5. The second-order valence-electron chi connectivity index (χ2n) is 13.6. The van der Waals surface area contributed by atoms with Crippen LogP contribution in [-0.2, 0) is 30.5 Å². The van der Waals surface area contributed by atoms with Crippen molar-refractivity contribution in [3.05, 3.63) is 87.4 Å². The minimum absolute atomic E-state index is 0.0804. The second-order valence-corrected chi connectivity index (χ2v) is 14.0. The Balaban J connectivity index is 1.27. The summed E-state index contributed by atoms with van der Waals surface area (Å²) in [5, 5.41) is 23.0. The summed E-state index contributed by atoms with van der Waals surface area (Å²) >= 11 is 7.09. The lowest BCUT2D eigenvalue weighted by Gasteiger charge is -2.41. The van der Waals surface area contributed by atoms with E-state index in [1.165, 1.54) is 19.1 Å². The molecule has 0 bridgehead atoms. The minimum Gasteiger partial charge on any atom is -0.481 e. The molecule has 52 heavy (non-hydrogen) atoms. The number of hydrogen-bond acceptors (Lipinski definition) is 9. The van der Waals surface area contributed by atoms with Gasteiger partial charge in [-0.1, -0.05) is 54.1 Å². The Morgan fingerprint density at radius 2 is 1.67 bits per heavy atom. The third-order valence-corrected chi connectivity index (χ3v) is 9.90. The Bertz CT molecular complexity index is 1970. The van der Waals surface area contributed by atoms with Crippen LogP contribution in [0, 0.1) is 0 Å². The standard InChI is InChI=1S/C38H40ClF3N4O6/c1-37(49)16-23(17-37)43-18-21-11-13-30(44-34(21)50-3)28-10-6-9-27(33(28)39)24-7-5-8-26-25(24)12-14-31(26)52-36-29(38(40,41)42)15-22(35(45-36)51-4)19-46(2)20-32(47)48/h5-11,13,15,23,31,43,49H,12,14,16-20H2,1-4H3,(H,47,48)/t23-,31-,37-/m0/s1. The fraction of sp³-hybridized carbons (Fsp3) is 0.395. The Morgan fingerprint density at radius 1 is 1.00 bits per heavy atom. The number of halogens is 4. The molecule has 0 unspecified atom stereocenters. The summed E-state index contributed by atoms with van der Waals surface area (Å²) in [6.45, 7) is 1.85. The number of carboxylic acid groups (broad SMARTS) is 1. The third kappa shape index (κ3) is 7.97. The van der Waals surface area contributed by atoms with Gasteiger partial charge in [0.2, 0.25) is 17.6 Å². The van der Waals surface area contributed by atoms with E-state index in [0.29, 0.717) is 54.4 Å². The summed E-state index contributed by atoms with van der Waals surface area (Å²) in [4.78, 5) is 21.4. The molecule has 3 N–H and O–H groups in total. The largest absolute Gasteiger partial charge is 0.481 e. The topological polar surface area (TPSA) is 126 Å². The number of alkyl halides is 3. The Kier molecular flexibility index (Phi) is 10.7. The van der Waals surface area contributed by atoms with Crippen molar-refractivity contribution in [2.45, 2.75) is 69.6 Å². The van der Waals surface area contributed by atoms with E-state index >= 15 is 0 Å². The molecule has 2 aromatic heterocycles. The first-order chi connectivity index (χ1) is 24.7. The average molecular weight is 741 g/mol. The number of benzene rings is 2. The van der Waals surface area contributed by atoms with Crippen molar-refractivity contribution < 1.29 is 42.4 Å². The molecule has 1 atom stereocenters. The second kappa shape index (κ2) is 14.9. The normalized spacial score (nSPS) is 19.7. The van der Waals surface area contributed by atoms with Crippen molar-refractivity contribution in [2.24, 2.45) is 0 Å². The average Bonchev–Trinajstić information content (AvgIpc) is 3.48. The lowest BCUT2D eigenvalue weighted by atomic mass is 9.77. The van der Waals surface area contributed by atoms with Crippen molar-refractivity contribution in [2.75, 3.05) is 27.8 Å². The van der Waals surface area contributed by atoms with Crippen LogP contribution in [0.25, 0.3) is 22.4 Å². The van der Waals surface area contributed by atoms with Gasteiger partial charge in [-0.15, -0.1) is 0 Å². The van der Waals surface area contributed by atoms with Crippen LogP contribution in [-0.4, -0.2) is 70.5 Å². The molecule has 0 amide bonds. The van der Waals surface area contributed by atoms with Gasteiger partial charge in [-0.25, -0.2) is 4.98 Å². The van der Waals surface area contributed by atoms with E-state index in [0.717, 1.165) is 33.9 Å². The van der Waals surface area contributed by atoms with Crippen LogP contribution in [0.1, 0.15) is 60.1 Å². The number of ether oxygens (including phenoxy) is 3. The number of aliphatic carboxylic acids is 1. The maximum atomic E-state index is 14.4. The molecule has 14 heteroatoms. The molecule has 10 nitrogen and oxygen atoms in total. The van der Waals surface area contributed by atoms with Crippen LogP contribution in [0.5, 0.6) is 17.6 Å². The van der Waals surface area contributed by atoms with Crippen LogP contribution in [0.15, 0.2) is 54.6 Å². The van der Waals surface area contributed by atoms with E-state index < -0.39 is 35.3 Å². The maximum Gasteiger partial charge on any atom is 0.421 e. The molecule has 6 rings (SSSR count). The lowest BCUT2D eigenvalue weighted by molar-refractivity contribution is -0.140. The van der Waals surface area contributed by atoms with Gasteiger partial charge in [0.15, 0.2) is 0 Å². The SMILES string of the molecule is COc1nc(-c2cccc(-c3cccc4c3CC[C@@H]4Oc3nc(OC)c(CN(C)CC(=O)O)cc3C(F)(F)F)c2Cl)ccc1CN[C@H]1C[C@](C)(O)C1. The molecule has 0 spiro atoms. The summed E-state index contributed by atoms with van der Waals surface area (Å²) in [5.74, 6) is -1.36. The fourth-order valence-corrected chi connectivity index (χ4v) is 7.40. The lowest BCUT2D eigenvalue weighted by Crippen LogP contribution is -2.51. The summed E-state index contributed by atoms with van der Waals surface area (Å²) in [5.41, 5.74) is 3.76. The zero-order valence-electron chi connectivity index (χ0n) is 29.2. The highest BCUT2D eigenvalue weighted by Crippen LogP contribution is 2.46. The zero-order valence-corrected chi connectivity index (χ0v) is 29.9. The number of hydrogen-bond donors (Lipinski definition) is 3. The van der Waals surface area contributed by atoms with Crippen molar-refractivity contribution in [3.63, 3.8) is 0 Å². The molecule has 2 aliphatic carbocycles. The summed E-state index contributed by atoms with van der Waals surface area (Å²) in [6, 6.07) is 16.2. The number of aromatic nitrogens is 2. The monoisotopic (exact) mass is 740 g/mol. The first-order valence-electron chi connectivity index (χ1n) is 16.8. The smallest absolute Gasteiger partial charge is 0.421 e. The summed E-state index contributed by atoms with van der Waals surface area (Å²) in [7, 11) is 4.33. The fourth-order valence-electron chi connectivity index (χ4n) is 7.08. The number of carbonyl (C=O) groups is 1. The molecule has 0 aliphatic heterocycles. The number of pyridine rings is 2. The van der Waals surface area contributed by atoms with E-state index in [2.05, 4.69) is 10.3 Å². The zero-order chi connectivity index (χ0) is 37.4. The molecule has 4 aromatic rings. The number of aliphatic hydroxyl groups is 1. The molecular formula is C38H40ClF3N4O6. The number of carboxylic acids is 1. The highest BCUT2D eigenvalue weighted by Gasteiger charge is 2.39. The number of rotatable bonds is 13. The van der Waals surface area contributed by atoms with E-state index in [1.54, 1.807) is 7.11 Å². The van der Waals surface area contributed by atoms with Crippen LogP contribution in [0.2, 0.25) is 5.02 Å². The number of likely N-dealkylation sites (N-methyl/N-ethyl adjacent to an activating group) is 1. The maximum absolute atomic E-state index is 14.4. The number of nitrogens with zero attached hydrogens (tertiary/aromatic N) is 3. The molecule has 1 saturated carbocycles.